The molecule has 0 spiro atoms. The number of carbonyl (C=O) groups is 1. The highest BCUT2D eigenvalue weighted by Gasteiger charge is 2.33. The van der Waals surface area contributed by atoms with Crippen LogP contribution in [0.5, 0.6) is 0 Å². The van der Waals surface area contributed by atoms with E-state index in [4.69, 9.17) is 11.6 Å². The molecule has 1 aromatic rings. The summed E-state index contributed by atoms with van der Waals surface area (Å²) < 4.78 is 26.8. The lowest BCUT2D eigenvalue weighted by molar-refractivity contribution is -0.126. The number of halogens is 1. The molecule has 0 radical (unpaired) electrons. The molecule has 1 fully saturated rings. The summed E-state index contributed by atoms with van der Waals surface area (Å²) in [7, 11) is -3.58. The van der Waals surface area contributed by atoms with E-state index in [0.29, 0.717) is 18.0 Å². The Hall–Kier alpha value is -1.11. The number of hydrogen-bond donors (Lipinski definition) is 1. The third-order valence-corrected chi connectivity index (χ3v) is 6.34. The maximum atomic E-state index is 12.7. The molecule has 1 heterocycles. The predicted octanol–water partition coefficient (Wildman–Crippen LogP) is 2.66. The summed E-state index contributed by atoms with van der Waals surface area (Å²) in [5.41, 5.74) is 0. The summed E-state index contributed by atoms with van der Waals surface area (Å²) >= 11 is 5.81. The summed E-state index contributed by atoms with van der Waals surface area (Å²) in [4.78, 5) is 12.5. The molecule has 0 unspecified atom stereocenters. The Bertz CT molecular complexity index is 646. The van der Waals surface area contributed by atoms with Gasteiger partial charge in [-0.25, -0.2) is 8.42 Å². The Morgan fingerprint density at radius 2 is 2.04 bits per heavy atom. The summed E-state index contributed by atoms with van der Waals surface area (Å²) in [6.45, 7) is 4.62. The smallest absolute Gasteiger partial charge is 0.243 e. The second-order valence-corrected chi connectivity index (χ2v) is 8.35. The molecule has 1 aromatic carbocycles. The minimum atomic E-state index is -3.58. The molecule has 5 nitrogen and oxygen atoms in total. The van der Waals surface area contributed by atoms with Crippen molar-refractivity contribution in [3.8, 4) is 0 Å². The summed E-state index contributed by atoms with van der Waals surface area (Å²) in [6, 6.07) is 6.23. The Morgan fingerprint density at radius 3 is 2.65 bits per heavy atom. The average molecular weight is 359 g/mol. The highest BCUT2D eigenvalue weighted by molar-refractivity contribution is 7.89. The van der Waals surface area contributed by atoms with Crippen LogP contribution < -0.4 is 5.32 Å². The lowest BCUT2D eigenvalue weighted by Crippen LogP contribution is -2.46. The van der Waals surface area contributed by atoms with E-state index in [1.165, 1.54) is 16.4 Å². The Labute approximate surface area is 143 Å². The monoisotopic (exact) mass is 358 g/mol. The molecule has 1 aliphatic rings. The molecule has 0 aliphatic carbocycles. The first-order valence-corrected chi connectivity index (χ1v) is 9.72. The van der Waals surface area contributed by atoms with Gasteiger partial charge in [-0.15, -0.1) is 0 Å². The maximum absolute atomic E-state index is 12.7. The first-order chi connectivity index (χ1) is 10.8. The van der Waals surface area contributed by atoms with E-state index in [1.54, 1.807) is 12.1 Å². The van der Waals surface area contributed by atoms with Crippen LogP contribution in [0.2, 0.25) is 5.02 Å². The largest absolute Gasteiger partial charge is 0.353 e. The van der Waals surface area contributed by atoms with Crippen molar-refractivity contribution in [2.45, 2.75) is 44.0 Å². The van der Waals surface area contributed by atoms with Crippen LogP contribution in [0, 0.1) is 5.92 Å². The van der Waals surface area contributed by atoms with Crippen molar-refractivity contribution in [2.24, 2.45) is 5.92 Å². The zero-order valence-corrected chi connectivity index (χ0v) is 15.0. The zero-order chi connectivity index (χ0) is 17.0. The Balaban J connectivity index is 2.11. The first-order valence-electron chi connectivity index (χ1n) is 7.90. The average Bonchev–Trinajstić information content (AvgIpc) is 2.55. The molecule has 23 heavy (non-hydrogen) atoms. The molecule has 7 heteroatoms. The standard InChI is InChI=1S/C16H23ClN2O3S/c1-3-12(2)18-16(20)13-5-4-10-19(11-13)23(21,22)15-8-6-14(17)7-9-15/h6-9,12-13H,3-5,10-11H2,1-2H3,(H,18,20)/t12-,13-/m1/s1. The van der Waals surface area contributed by atoms with Crippen LogP contribution in [-0.2, 0) is 14.8 Å². The van der Waals surface area contributed by atoms with Gasteiger partial charge in [0.2, 0.25) is 15.9 Å². The molecule has 0 bridgehead atoms. The fourth-order valence-corrected chi connectivity index (χ4v) is 4.24. The van der Waals surface area contributed by atoms with E-state index in [1.807, 2.05) is 13.8 Å². The van der Waals surface area contributed by atoms with Crippen LogP contribution in [0.25, 0.3) is 0 Å². The van der Waals surface area contributed by atoms with Gasteiger partial charge in [0, 0.05) is 24.2 Å². The molecular weight excluding hydrogens is 336 g/mol. The van der Waals surface area contributed by atoms with Crippen LogP contribution in [0.4, 0.5) is 0 Å². The van der Waals surface area contributed by atoms with Gasteiger partial charge >= 0.3 is 0 Å². The molecule has 0 saturated carbocycles. The number of piperidine rings is 1. The molecule has 1 aliphatic heterocycles. The summed E-state index contributed by atoms with van der Waals surface area (Å²) in [6.07, 6.45) is 2.26. The first kappa shape index (κ1) is 18.2. The van der Waals surface area contributed by atoms with Crippen LogP contribution >= 0.6 is 11.6 Å². The van der Waals surface area contributed by atoms with E-state index in [9.17, 15) is 13.2 Å². The molecule has 128 valence electrons. The highest BCUT2D eigenvalue weighted by Crippen LogP contribution is 2.25. The number of rotatable bonds is 5. The van der Waals surface area contributed by atoms with Crippen molar-refractivity contribution in [3.05, 3.63) is 29.3 Å². The zero-order valence-electron chi connectivity index (χ0n) is 13.5. The van der Waals surface area contributed by atoms with E-state index < -0.39 is 10.0 Å². The van der Waals surface area contributed by atoms with E-state index in [2.05, 4.69) is 5.32 Å². The number of carbonyl (C=O) groups excluding carboxylic acids is 1. The number of nitrogens with zero attached hydrogens (tertiary/aromatic N) is 1. The van der Waals surface area contributed by atoms with Gasteiger partial charge in [0.05, 0.1) is 10.8 Å². The van der Waals surface area contributed by atoms with E-state index in [0.717, 1.165) is 12.8 Å². The Morgan fingerprint density at radius 1 is 1.39 bits per heavy atom. The molecule has 1 N–H and O–H groups in total. The fraction of sp³-hybridized carbons (Fsp3) is 0.562. The van der Waals surface area contributed by atoms with Gasteiger partial charge in [0.25, 0.3) is 0 Å². The van der Waals surface area contributed by atoms with E-state index in [-0.39, 0.29) is 29.3 Å². The van der Waals surface area contributed by atoms with Crippen LogP contribution in [0.3, 0.4) is 0 Å². The van der Waals surface area contributed by atoms with Crippen molar-refractivity contribution in [1.29, 1.82) is 0 Å². The van der Waals surface area contributed by atoms with Gasteiger partial charge in [0.1, 0.15) is 0 Å². The topological polar surface area (TPSA) is 66.5 Å². The quantitative estimate of drug-likeness (QED) is 0.879. The minimum Gasteiger partial charge on any atom is -0.353 e. The van der Waals surface area contributed by atoms with Crippen molar-refractivity contribution in [2.75, 3.05) is 13.1 Å². The SMILES string of the molecule is CC[C@@H](C)NC(=O)[C@@H]1CCCN(S(=O)(=O)c2ccc(Cl)cc2)C1. The minimum absolute atomic E-state index is 0.0599. The van der Waals surface area contributed by atoms with Crippen molar-refractivity contribution < 1.29 is 13.2 Å². The number of nitrogens with one attached hydrogen (secondary N) is 1. The van der Waals surface area contributed by atoms with Gasteiger partial charge in [0.15, 0.2) is 0 Å². The molecule has 2 rings (SSSR count). The molecule has 2 atom stereocenters. The van der Waals surface area contributed by atoms with Gasteiger partial charge in [-0.1, -0.05) is 18.5 Å². The normalized spacial score (nSPS) is 20.9. The van der Waals surface area contributed by atoms with E-state index >= 15 is 0 Å². The van der Waals surface area contributed by atoms with Crippen molar-refractivity contribution in [1.82, 2.24) is 9.62 Å². The number of benzene rings is 1. The third-order valence-electron chi connectivity index (χ3n) is 4.21. The third kappa shape index (κ3) is 4.46. The second kappa shape index (κ2) is 7.64. The van der Waals surface area contributed by atoms with Crippen LogP contribution in [0.1, 0.15) is 33.1 Å². The number of amides is 1. The van der Waals surface area contributed by atoms with Crippen LogP contribution in [0.15, 0.2) is 29.2 Å². The van der Waals surface area contributed by atoms with Crippen molar-refractivity contribution in [3.63, 3.8) is 0 Å². The second-order valence-electron chi connectivity index (χ2n) is 5.97. The van der Waals surface area contributed by atoms with Crippen molar-refractivity contribution >= 4 is 27.5 Å². The number of hydrogen-bond acceptors (Lipinski definition) is 3. The summed E-state index contributed by atoms with van der Waals surface area (Å²) in [5, 5.41) is 3.43. The molecule has 1 saturated heterocycles. The maximum Gasteiger partial charge on any atom is 0.243 e. The molecular formula is C16H23ClN2O3S. The lowest BCUT2D eigenvalue weighted by Gasteiger charge is -2.31. The van der Waals surface area contributed by atoms with Gasteiger partial charge < -0.3 is 5.32 Å². The number of sulfonamides is 1. The van der Waals surface area contributed by atoms with Gasteiger partial charge in [-0.2, -0.15) is 4.31 Å². The van der Waals surface area contributed by atoms with Crippen LogP contribution in [-0.4, -0.2) is 37.8 Å². The highest BCUT2D eigenvalue weighted by atomic mass is 35.5. The molecule has 1 amide bonds. The predicted molar refractivity (Wildman–Crippen MR) is 90.8 cm³/mol. The summed E-state index contributed by atoms with van der Waals surface area (Å²) in [5.74, 6) is -0.352. The van der Waals surface area contributed by atoms with Gasteiger partial charge in [-0.3, -0.25) is 4.79 Å². The Kier molecular flexibility index (Phi) is 6.06. The lowest BCUT2D eigenvalue weighted by atomic mass is 9.98. The molecule has 0 aromatic heterocycles. The van der Waals surface area contributed by atoms with Gasteiger partial charge in [-0.05, 0) is 50.5 Å². The fourth-order valence-electron chi connectivity index (χ4n) is 2.59.